The zero-order valence-electron chi connectivity index (χ0n) is 11.8. The van der Waals surface area contributed by atoms with Crippen LogP contribution in [0, 0.1) is 0 Å². The summed E-state index contributed by atoms with van der Waals surface area (Å²) in [5, 5.41) is 6.85. The topological polar surface area (TPSA) is 37.0 Å². The van der Waals surface area contributed by atoms with Gasteiger partial charge in [-0.1, -0.05) is 32.8 Å². The molecule has 0 aliphatic heterocycles. The van der Waals surface area contributed by atoms with Crippen LogP contribution in [-0.2, 0) is 13.1 Å². The molecule has 0 aliphatic rings. The molecule has 0 saturated carbocycles. The maximum absolute atomic E-state index is 4.64. The fourth-order valence-electron chi connectivity index (χ4n) is 1.76. The molecule has 0 bridgehead atoms. The zero-order chi connectivity index (χ0) is 13.1. The monoisotopic (exact) mass is 249 g/mol. The highest BCUT2D eigenvalue weighted by Gasteiger charge is 1.97. The maximum Gasteiger partial charge on any atom is 0.0545 e. The fraction of sp³-hybridized carbons (Fsp3) is 0.667. The molecule has 0 fully saturated rings. The van der Waals surface area contributed by atoms with Gasteiger partial charge >= 0.3 is 0 Å². The third-order valence-corrected chi connectivity index (χ3v) is 2.89. The summed E-state index contributed by atoms with van der Waals surface area (Å²) in [7, 11) is 0. The Hall–Kier alpha value is -0.930. The summed E-state index contributed by atoms with van der Waals surface area (Å²) < 4.78 is 0. The van der Waals surface area contributed by atoms with E-state index in [2.05, 4.69) is 47.7 Å². The quantitative estimate of drug-likeness (QED) is 0.626. The number of nitrogens with zero attached hydrogens (tertiary/aromatic N) is 1. The molecule has 0 unspecified atom stereocenters. The molecule has 102 valence electrons. The van der Waals surface area contributed by atoms with E-state index in [0.29, 0.717) is 0 Å². The van der Waals surface area contributed by atoms with E-state index in [9.17, 15) is 0 Å². The maximum atomic E-state index is 4.64. The first-order valence-corrected chi connectivity index (χ1v) is 7.23. The van der Waals surface area contributed by atoms with Gasteiger partial charge in [-0.05, 0) is 38.1 Å². The van der Waals surface area contributed by atoms with Crippen molar-refractivity contribution < 1.29 is 0 Å². The van der Waals surface area contributed by atoms with Gasteiger partial charge in [0.2, 0.25) is 0 Å². The lowest BCUT2D eigenvalue weighted by atomic mass is 10.2. The number of nitrogens with one attached hydrogen (secondary N) is 2. The van der Waals surface area contributed by atoms with Crippen molar-refractivity contribution in [3.05, 3.63) is 29.6 Å². The molecule has 0 spiro atoms. The third-order valence-electron chi connectivity index (χ3n) is 2.89. The highest BCUT2D eigenvalue weighted by Crippen LogP contribution is 1.99. The van der Waals surface area contributed by atoms with Crippen molar-refractivity contribution >= 4 is 0 Å². The van der Waals surface area contributed by atoms with E-state index < -0.39 is 0 Å². The van der Waals surface area contributed by atoms with E-state index in [1.165, 1.54) is 25.7 Å². The molecule has 18 heavy (non-hydrogen) atoms. The van der Waals surface area contributed by atoms with Gasteiger partial charge in [0.15, 0.2) is 0 Å². The highest BCUT2D eigenvalue weighted by atomic mass is 14.9. The summed E-state index contributed by atoms with van der Waals surface area (Å²) in [5.41, 5.74) is 2.28. The second-order valence-corrected chi connectivity index (χ2v) is 4.68. The standard InChI is InChI=1S/C15H27N3/c1-3-5-10-16-12-14-8-7-9-15(18-14)13-17-11-6-4-2/h7-9,16-17H,3-6,10-13H2,1-2H3. The number of hydrogen-bond donors (Lipinski definition) is 2. The predicted molar refractivity (Wildman–Crippen MR) is 77.5 cm³/mol. The zero-order valence-corrected chi connectivity index (χ0v) is 11.8. The molecule has 1 heterocycles. The first-order chi connectivity index (χ1) is 8.86. The van der Waals surface area contributed by atoms with Crippen LogP contribution in [0.5, 0.6) is 0 Å². The lowest BCUT2D eigenvalue weighted by Gasteiger charge is -2.07. The summed E-state index contributed by atoms with van der Waals surface area (Å²) in [5.74, 6) is 0. The molecule has 2 N–H and O–H groups in total. The van der Waals surface area contributed by atoms with Gasteiger partial charge in [-0.3, -0.25) is 4.98 Å². The molecule has 0 aliphatic carbocycles. The van der Waals surface area contributed by atoms with Crippen molar-refractivity contribution in [2.75, 3.05) is 13.1 Å². The lowest BCUT2D eigenvalue weighted by Crippen LogP contribution is -2.18. The normalized spacial score (nSPS) is 10.8. The fourth-order valence-corrected chi connectivity index (χ4v) is 1.76. The average Bonchev–Trinajstić information content (AvgIpc) is 2.40. The van der Waals surface area contributed by atoms with Crippen LogP contribution in [0.15, 0.2) is 18.2 Å². The van der Waals surface area contributed by atoms with Gasteiger partial charge in [-0.25, -0.2) is 0 Å². The van der Waals surface area contributed by atoms with E-state index in [0.717, 1.165) is 37.6 Å². The molecule has 1 aromatic heterocycles. The Morgan fingerprint density at radius 3 is 1.83 bits per heavy atom. The summed E-state index contributed by atoms with van der Waals surface area (Å²) in [6, 6.07) is 6.28. The minimum atomic E-state index is 0.878. The van der Waals surface area contributed by atoms with Crippen LogP contribution in [0.2, 0.25) is 0 Å². The molecule has 3 heteroatoms. The summed E-state index contributed by atoms with van der Waals surface area (Å²) in [4.78, 5) is 4.64. The van der Waals surface area contributed by atoms with Crippen molar-refractivity contribution in [2.24, 2.45) is 0 Å². The largest absolute Gasteiger partial charge is 0.311 e. The Kier molecular flexibility index (Phi) is 8.43. The highest BCUT2D eigenvalue weighted by molar-refractivity contribution is 5.11. The Labute approximate surface area is 111 Å². The van der Waals surface area contributed by atoms with Gasteiger partial charge in [0, 0.05) is 13.1 Å². The lowest BCUT2D eigenvalue weighted by molar-refractivity contribution is 0.617. The van der Waals surface area contributed by atoms with Crippen molar-refractivity contribution in [3.63, 3.8) is 0 Å². The Morgan fingerprint density at radius 1 is 0.889 bits per heavy atom. The van der Waals surface area contributed by atoms with Crippen LogP contribution < -0.4 is 10.6 Å². The van der Waals surface area contributed by atoms with Gasteiger partial charge in [-0.2, -0.15) is 0 Å². The van der Waals surface area contributed by atoms with Gasteiger partial charge in [0.05, 0.1) is 11.4 Å². The molecular weight excluding hydrogens is 222 g/mol. The van der Waals surface area contributed by atoms with E-state index in [1.807, 2.05) is 0 Å². The van der Waals surface area contributed by atoms with E-state index in [-0.39, 0.29) is 0 Å². The van der Waals surface area contributed by atoms with Gasteiger partial charge in [-0.15, -0.1) is 0 Å². The third kappa shape index (κ3) is 6.72. The number of hydrogen-bond acceptors (Lipinski definition) is 3. The van der Waals surface area contributed by atoms with Crippen molar-refractivity contribution in [1.29, 1.82) is 0 Å². The SMILES string of the molecule is CCCCNCc1cccc(CNCCCC)n1. The van der Waals surface area contributed by atoms with Gasteiger partial charge < -0.3 is 10.6 Å². The second-order valence-electron chi connectivity index (χ2n) is 4.68. The minimum absolute atomic E-state index is 0.878. The molecule has 1 rings (SSSR count). The Balaban J connectivity index is 2.27. The van der Waals surface area contributed by atoms with Gasteiger partial charge in [0.1, 0.15) is 0 Å². The van der Waals surface area contributed by atoms with E-state index >= 15 is 0 Å². The first-order valence-electron chi connectivity index (χ1n) is 7.23. The second kappa shape index (κ2) is 10.0. The van der Waals surface area contributed by atoms with Crippen molar-refractivity contribution in [1.82, 2.24) is 15.6 Å². The van der Waals surface area contributed by atoms with Crippen LogP contribution in [-0.4, -0.2) is 18.1 Å². The van der Waals surface area contributed by atoms with Gasteiger partial charge in [0.25, 0.3) is 0 Å². The Morgan fingerprint density at radius 2 is 1.39 bits per heavy atom. The van der Waals surface area contributed by atoms with Crippen LogP contribution in [0.4, 0.5) is 0 Å². The number of pyridine rings is 1. The molecular formula is C15H27N3. The van der Waals surface area contributed by atoms with E-state index in [1.54, 1.807) is 0 Å². The van der Waals surface area contributed by atoms with Crippen molar-refractivity contribution in [2.45, 2.75) is 52.6 Å². The molecule has 0 saturated heterocycles. The molecule has 0 amide bonds. The molecule has 0 radical (unpaired) electrons. The smallest absolute Gasteiger partial charge is 0.0545 e. The molecule has 3 nitrogen and oxygen atoms in total. The predicted octanol–water partition coefficient (Wildman–Crippen LogP) is 2.86. The molecule has 0 aromatic carbocycles. The number of rotatable bonds is 10. The summed E-state index contributed by atoms with van der Waals surface area (Å²) in [6.45, 7) is 8.34. The van der Waals surface area contributed by atoms with Crippen LogP contribution in [0.1, 0.15) is 50.9 Å². The summed E-state index contributed by atoms with van der Waals surface area (Å²) >= 11 is 0. The van der Waals surface area contributed by atoms with E-state index in [4.69, 9.17) is 0 Å². The Bertz CT molecular complexity index is 285. The average molecular weight is 249 g/mol. The minimum Gasteiger partial charge on any atom is -0.311 e. The van der Waals surface area contributed by atoms with Crippen LogP contribution in [0.25, 0.3) is 0 Å². The first kappa shape index (κ1) is 15.1. The van der Waals surface area contributed by atoms with Crippen LogP contribution in [0.3, 0.4) is 0 Å². The number of unbranched alkanes of at least 4 members (excludes halogenated alkanes) is 2. The molecule has 0 atom stereocenters. The van der Waals surface area contributed by atoms with Crippen LogP contribution >= 0.6 is 0 Å². The number of aromatic nitrogens is 1. The summed E-state index contributed by atoms with van der Waals surface area (Å²) in [6.07, 6.45) is 4.94. The van der Waals surface area contributed by atoms with Crippen molar-refractivity contribution in [3.8, 4) is 0 Å². The molecule has 1 aromatic rings.